The minimum atomic E-state index is -1.12. The minimum absolute atomic E-state index is 0.271. The zero-order chi connectivity index (χ0) is 25.1. The summed E-state index contributed by atoms with van der Waals surface area (Å²) in [5.74, 6) is 0.427. The molecule has 4 N–H and O–H groups in total. The van der Waals surface area contributed by atoms with Crippen LogP contribution in [0.25, 0.3) is 5.69 Å². The molecule has 1 atom stereocenters. The number of hydrogen-bond donors (Lipinski definition) is 3. The quantitative estimate of drug-likeness (QED) is 0.302. The number of anilines is 1. The number of rotatable bonds is 9. The number of hydrogen-bond acceptors (Lipinski definition) is 4. The van der Waals surface area contributed by atoms with Gasteiger partial charge >= 0.3 is 0 Å². The van der Waals surface area contributed by atoms with Crippen molar-refractivity contribution in [2.75, 3.05) is 5.32 Å². The molecule has 1 aromatic heterocycles. The van der Waals surface area contributed by atoms with E-state index in [9.17, 15) is 9.90 Å². The van der Waals surface area contributed by atoms with E-state index < -0.39 is 5.60 Å². The van der Waals surface area contributed by atoms with Crippen molar-refractivity contribution in [3.8, 4) is 5.69 Å². The number of carbonyl (C=O) groups is 1. The van der Waals surface area contributed by atoms with Gasteiger partial charge in [0.25, 0.3) is 5.91 Å². The highest BCUT2D eigenvalue weighted by atomic mass is 16.3. The lowest BCUT2D eigenvalue weighted by atomic mass is 9.82. The largest absolute Gasteiger partial charge is 0.380 e. The van der Waals surface area contributed by atoms with E-state index in [-0.39, 0.29) is 5.91 Å². The summed E-state index contributed by atoms with van der Waals surface area (Å²) >= 11 is 0. The van der Waals surface area contributed by atoms with Crippen LogP contribution < -0.4 is 11.1 Å². The average Bonchev–Trinajstić information content (AvgIpc) is 3.66. The standard InChI is InChI=1S/C30H32N4O2/c1-21-17-28(34(33-21)27-12-5-7-23(18-27)20-31)29(35)32-26-11-6-10-25(19-26)30(36,16-15-22-13-14-22)24-8-3-2-4-9-24/h2-12,17-19,22,36H,13-16,20,31H2,1H3,(H,32,35). The highest BCUT2D eigenvalue weighted by molar-refractivity contribution is 6.03. The number of aromatic nitrogens is 2. The van der Waals surface area contributed by atoms with Crippen molar-refractivity contribution < 1.29 is 9.90 Å². The summed E-state index contributed by atoms with van der Waals surface area (Å²) in [4.78, 5) is 13.4. The summed E-state index contributed by atoms with van der Waals surface area (Å²) in [5.41, 5.74) is 9.86. The molecule has 1 unspecified atom stereocenters. The van der Waals surface area contributed by atoms with E-state index in [1.807, 2.05) is 85.8 Å². The van der Waals surface area contributed by atoms with Gasteiger partial charge < -0.3 is 16.2 Å². The molecular weight excluding hydrogens is 448 g/mol. The summed E-state index contributed by atoms with van der Waals surface area (Å²) in [5, 5.41) is 19.5. The van der Waals surface area contributed by atoms with Crippen molar-refractivity contribution in [3.63, 3.8) is 0 Å². The molecule has 0 radical (unpaired) electrons. The van der Waals surface area contributed by atoms with Gasteiger partial charge in [0.05, 0.1) is 11.4 Å². The van der Waals surface area contributed by atoms with Gasteiger partial charge in [0.1, 0.15) is 11.3 Å². The van der Waals surface area contributed by atoms with Crippen LogP contribution in [-0.4, -0.2) is 20.8 Å². The van der Waals surface area contributed by atoms with Crippen molar-refractivity contribution in [2.45, 2.75) is 44.8 Å². The number of nitrogens with two attached hydrogens (primary N) is 1. The Labute approximate surface area is 211 Å². The molecule has 5 rings (SSSR count). The molecule has 0 saturated heterocycles. The van der Waals surface area contributed by atoms with E-state index in [0.717, 1.165) is 34.5 Å². The Morgan fingerprint density at radius 2 is 1.78 bits per heavy atom. The van der Waals surface area contributed by atoms with Gasteiger partial charge in [0.2, 0.25) is 0 Å². The van der Waals surface area contributed by atoms with E-state index in [1.54, 1.807) is 10.7 Å². The molecule has 1 aliphatic carbocycles. The van der Waals surface area contributed by atoms with Gasteiger partial charge in [0.15, 0.2) is 0 Å². The molecule has 6 nitrogen and oxygen atoms in total. The molecule has 0 bridgehead atoms. The molecule has 6 heteroatoms. The van der Waals surface area contributed by atoms with Crippen LogP contribution in [0.15, 0.2) is 84.9 Å². The Hall–Kier alpha value is -3.74. The second-order valence-corrected chi connectivity index (χ2v) is 9.70. The predicted octanol–water partition coefficient (Wildman–Crippen LogP) is 5.32. The first-order valence-electron chi connectivity index (χ1n) is 12.5. The van der Waals surface area contributed by atoms with Gasteiger partial charge in [-0.05, 0) is 72.7 Å². The van der Waals surface area contributed by atoms with E-state index in [0.29, 0.717) is 30.3 Å². The first-order valence-corrected chi connectivity index (χ1v) is 12.5. The Kier molecular flexibility index (Phi) is 6.72. The smallest absolute Gasteiger partial charge is 0.274 e. The van der Waals surface area contributed by atoms with Crippen LogP contribution in [0.3, 0.4) is 0 Å². The van der Waals surface area contributed by atoms with Gasteiger partial charge in [-0.15, -0.1) is 0 Å². The number of nitrogens with zero attached hydrogens (tertiary/aromatic N) is 2. The van der Waals surface area contributed by atoms with E-state index in [1.165, 1.54) is 12.8 Å². The minimum Gasteiger partial charge on any atom is -0.380 e. The molecule has 4 aromatic rings. The van der Waals surface area contributed by atoms with Crippen molar-refractivity contribution in [1.82, 2.24) is 9.78 Å². The molecule has 1 amide bonds. The Morgan fingerprint density at radius 1 is 1.03 bits per heavy atom. The average molecular weight is 481 g/mol. The molecule has 0 spiro atoms. The summed E-state index contributed by atoms with van der Waals surface area (Å²) < 4.78 is 1.64. The fourth-order valence-electron chi connectivity index (χ4n) is 4.71. The zero-order valence-corrected chi connectivity index (χ0v) is 20.5. The highest BCUT2D eigenvalue weighted by Crippen LogP contribution is 2.41. The maximum atomic E-state index is 13.4. The van der Waals surface area contributed by atoms with Crippen LogP contribution in [0.1, 0.15) is 58.6 Å². The lowest BCUT2D eigenvalue weighted by molar-refractivity contribution is 0.0670. The van der Waals surface area contributed by atoms with Crippen LogP contribution in [-0.2, 0) is 12.1 Å². The zero-order valence-electron chi connectivity index (χ0n) is 20.5. The number of carbonyl (C=O) groups excluding carboxylic acids is 1. The van der Waals surface area contributed by atoms with Crippen molar-refractivity contribution in [2.24, 2.45) is 11.7 Å². The third kappa shape index (κ3) is 5.10. The van der Waals surface area contributed by atoms with Gasteiger partial charge in [-0.1, -0.05) is 67.4 Å². The lowest BCUT2D eigenvalue weighted by Crippen LogP contribution is -2.28. The van der Waals surface area contributed by atoms with Crippen LogP contribution in [0.5, 0.6) is 0 Å². The SMILES string of the molecule is Cc1cc(C(=O)Nc2cccc(C(O)(CCC3CC3)c3ccccc3)c2)n(-c2cccc(CN)c2)n1. The van der Waals surface area contributed by atoms with Crippen molar-refractivity contribution in [1.29, 1.82) is 0 Å². The molecule has 0 aliphatic heterocycles. The van der Waals surface area contributed by atoms with E-state index in [4.69, 9.17) is 5.73 Å². The Balaban J connectivity index is 1.43. The Bertz CT molecular complexity index is 1360. The fraction of sp³-hybridized carbons (Fsp3) is 0.267. The van der Waals surface area contributed by atoms with Gasteiger partial charge in [-0.2, -0.15) is 5.10 Å². The van der Waals surface area contributed by atoms with Gasteiger partial charge in [-0.25, -0.2) is 4.68 Å². The predicted molar refractivity (Wildman–Crippen MR) is 142 cm³/mol. The van der Waals surface area contributed by atoms with E-state index >= 15 is 0 Å². The maximum absolute atomic E-state index is 13.4. The summed E-state index contributed by atoms with van der Waals surface area (Å²) in [7, 11) is 0. The van der Waals surface area contributed by atoms with Crippen molar-refractivity contribution >= 4 is 11.6 Å². The number of benzene rings is 3. The van der Waals surface area contributed by atoms with Gasteiger partial charge in [-0.3, -0.25) is 4.79 Å². The molecule has 36 heavy (non-hydrogen) atoms. The second kappa shape index (κ2) is 10.1. The van der Waals surface area contributed by atoms with E-state index in [2.05, 4.69) is 10.4 Å². The summed E-state index contributed by atoms with van der Waals surface area (Å²) in [6.45, 7) is 2.27. The highest BCUT2D eigenvalue weighted by Gasteiger charge is 2.34. The van der Waals surface area contributed by atoms with Gasteiger partial charge in [0, 0.05) is 12.2 Å². The van der Waals surface area contributed by atoms with Crippen LogP contribution in [0.4, 0.5) is 5.69 Å². The van der Waals surface area contributed by atoms with Crippen LogP contribution in [0, 0.1) is 12.8 Å². The topological polar surface area (TPSA) is 93.2 Å². The molecule has 184 valence electrons. The lowest BCUT2D eigenvalue weighted by Gasteiger charge is -2.30. The summed E-state index contributed by atoms with van der Waals surface area (Å²) in [6.07, 6.45) is 4.09. The Morgan fingerprint density at radius 3 is 2.53 bits per heavy atom. The first-order chi connectivity index (χ1) is 17.5. The molecule has 1 aliphatic rings. The van der Waals surface area contributed by atoms with Crippen molar-refractivity contribution in [3.05, 3.63) is 113 Å². The number of nitrogens with one attached hydrogen (secondary N) is 1. The van der Waals surface area contributed by atoms with Crippen LogP contribution in [0.2, 0.25) is 0 Å². The molecule has 1 fully saturated rings. The number of aliphatic hydroxyl groups is 1. The number of aryl methyl sites for hydroxylation is 1. The molecule has 1 heterocycles. The number of amides is 1. The molecule has 1 saturated carbocycles. The normalized spacial score (nSPS) is 14.9. The third-order valence-electron chi connectivity index (χ3n) is 6.92. The maximum Gasteiger partial charge on any atom is 0.274 e. The third-order valence-corrected chi connectivity index (χ3v) is 6.92. The monoisotopic (exact) mass is 480 g/mol. The summed E-state index contributed by atoms with van der Waals surface area (Å²) in [6, 6.07) is 26.8. The molecule has 3 aromatic carbocycles. The first kappa shape index (κ1) is 24.0. The van der Waals surface area contributed by atoms with Crippen LogP contribution >= 0.6 is 0 Å². The fourth-order valence-corrected chi connectivity index (χ4v) is 4.71. The second-order valence-electron chi connectivity index (χ2n) is 9.70. The molecular formula is C30H32N4O2.